The van der Waals surface area contributed by atoms with Crippen molar-refractivity contribution in [3.8, 4) is 11.8 Å². The molecule has 0 fully saturated rings. The number of rotatable bonds is 2. The topological polar surface area (TPSA) is 34.1 Å². The molecule has 0 aliphatic heterocycles. The van der Waals surface area contributed by atoms with Gasteiger partial charge in [0.15, 0.2) is 5.12 Å². The minimum Gasteiger partial charge on any atom is -0.298 e. The number of aryl methyl sites for hydroxylation is 1. The first-order chi connectivity index (χ1) is 7.63. The summed E-state index contributed by atoms with van der Waals surface area (Å²) in [6, 6.07) is 5.39. The van der Waals surface area contributed by atoms with Gasteiger partial charge in [-0.1, -0.05) is 35.7 Å². The molecule has 0 radical (unpaired) electrons. The molecule has 0 heterocycles. The monoisotopic (exact) mass is 232 g/mol. The van der Waals surface area contributed by atoms with Crippen LogP contribution in [0.15, 0.2) is 18.2 Å². The third-order valence-corrected chi connectivity index (χ3v) is 2.66. The van der Waals surface area contributed by atoms with Gasteiger partial charge in [0.1, 0.15) is 6.29 Å². The normalized spacial score (nSPS) is 9.12. The van der Waals surface area contributed by atoms with Crippen LogP contribution in [-0.2, 0) is 4.79 Å². The summed E-state index contributed by atoms with van der Waals surface area (Å²) in [6.07, 6.45) is 0.801. The molecule has 0 aliphatic carbocycles. The molecule has 0 N–H and O–H groups in total. The molecule has 0 saturated carbocycles. The predicted molar refractivity (Wildman–Crippen MR) is 66.6 cm³/mol. The summed E-state index contributed by atoms with van der Waals surface area (Å²) in [7, 11) is 0. The van der Waals surface area contributed by atoms with Crippen molar-refractivity contribution in [2.75, 3.05) is 5.75 Å². The molecule has 0 atom stereocenters. The molecule has 1 aromatic carbocycles. The van der Waals surface area contributed by atoms with E-state index in [-0.39, 0.29) is 5.12 Å². The van der Waals surface area contributed by atoms with E-state index in [1.54, 1.807) is 12.1 Å². The Kier molecular flexibility index (Phi) is 4.81. The van der Waals surface area contributed by atoms with Crippen molar-refractivity contribution in [3.05, 3.63) is 34.9 Å². The fourth-order valence-corrected chi connectivity index (χ4v) is 1.46. The number of benzene rings is 1. The Morgan fingerprint density at radius 1 is 1.50 bits per heavy atom. The second-order valence-electron chi connectivity index (χ2n) is 3.27. The molecule has 1 rings (SSSR count). The molecule has 0 aliphatic rings. The molecule has 0 saturated heterocycles. The third kappa shape index (κ3) is 3.92. The second kappa shape index (κ2) is 6.14. The van der Waals surface area contributed by atoms with Crippen molar-refractivity contribution in [3.63, 3.8) is 0 Å². The van der Waals surface area contributed by atoms with Crippen molar-refractivity contribution in [2.24, 2.45) is 0 Å². The number of carbonyl (C=O) groups is 2. The van der Waals surface area contributed by atoms with Gasteiger partial charge in [0.05, 0.1) is 5.75 Å². The lowest BCUT2D eigenvalue weighted by atomic mass is 10.1. The lowest BCUT2D eigenvalue weighted by Crippen LogP contribution is -1.87. The maximum Gasteiger partial charge on any atom is 0.186 e. The number of thioether (sulfide) groups is 1. The number of hydrogen-bond acceptors (Lipinski definition) is 3. The Balaban J connectivity index is 2.79. The fourth-order valence-electron chi connectivity index (χ4n) is 1.12. The Morgan fingerprint density at radius 3 is 2.88 bits per heavy atom. The summed E-state index contributed by atoms with van der Waals surface area (Å²) in [5.74, 6) is 6.35. The molecule has 0 aromatic heterocycles. The van der Waals surface area contributed by atoms with Crippen molar-refractivity contribution < 1.29 is 9.59 Å². The van der Waals surface area contributed by atoms with E-state index in [1.807, 2.05) is 13.0 Å². The summed E-state index contributed by atoms with van der Waals surface area (Å²) in [6.45, 7) is 3.46. The zero-order valence-corrected chi connectivity index (χ0v) is 10.1. The lowest BCUT2D eigenvalue weighted by molar-refractivity contribution is -0.109. The second-order valence-corrected chi connectivity index (χ2v) is 4.43. The van der Waals surface area contributed by atoms with Gasteiger partial charge in [-0.3, -0.25) is 9.59 Å². The highest BCUT2D eigenvalue weighted by atomic mass is 32.2. The van der Waals surface area contributed by atoms with Crippen LogP contribution < -0.4 is 0 Å². The third-order valence-electron chi connectivity index (χ3n) is 1.97. The van der Waals surface area contributed by atoms with E-state index in [1.165, 1.54) is 18.7 Å². The molecule has 2 nitrogen and oxygen atoms in total. The molecular weight excluding hydrogens is 220 g/mol. The molecule has 0 amide bonds. The Hall–Kier alpha value is -1.53. The highest BCUT2D eigenvalue weighted by molar-refractivity contribution is 8.13. The first-order valence-electron chi connectivity index (χ1n) is 4.81. The van der Waals surface area contributed by atoms with Crippen LogP contribution in [0.2, 0.25) is 0 Å². The molecule has 16 heavy (non-hydrogen) atoms. The molecule has 0 bridgehead atoms. The van der Waals surface area contributed by atoms with Crippen molar-refractivity contribution in [2.45, 2.75) is 13.8 Å². The maximum absolute atomic E-state index is 10.7. The van der Waals surface area contributed by atoms with Gasteiger partial charge in [0, 0.05) is 18.1 Å². The number of hydrogen-bond donors (Lipinski definition) is 0. The largest absolute Gasteiger partial charge is 0.298 e. The van der Waals surface area contributed by atoms with Crippen LogP contribution in [0.1, 0.15) is 28.4 Å². The Morgan fingerprint density at radius 2 is 2.25 bits per heavy atom. The van der Waals surface area contributed by atoms with Crippen LogP contribution in [0, 0.1) is 18.8 Å². The van der Waals surface area contributed by atoms with E-state index >= 15 is 0 Å². The van der Waals surface area contributed by atoms with Crippen molar-refractivity contribution in [1.82, 2.24) is 0 Å². The van der Waals surface area contributed by atoms with E-state index in [0.29, 0.717) is 11.3 Å². The van der Waals surface area contributed by atoms with Crippen LogP contribution in [-0.4, -0.2) is 17.2 Å². The molecule has 1 aromatic rings. The standard InChI is InChI=1S/C13H12O2S/c1-10-5-6-12(9-14)8-13(10)4-3-7-16-11(2)15/h5-6,8-9H,7H2,1-2H3. The van der Waals surface area contributed by atoms with E-state index in [4.69, 9.17) is 0 Å². The van der Waals surface area contributed by atoms with Gasteiger partial charge in [-0.25, -0.2) is 0 Å². The minimum atomic E-state index is 0.0627. The minimum absolute atomic E-state index is 0.0627. The zero-order valence-electron chi connectivity index (χ0n) is 9.24. The first-order valence-corrected chi connectivity index (χ1v) is 5.80. The molecule has 82 valence electrons. The molecular formula is C13H12O2S. The SMILES string of the molecule is CC(=O)SCC#Cc1cc(C=O)ccc1C. The van der Waals surface area contributed by atoms with Crippen LogP contribution in [0.25, 0.3) is 0 Å². The van der Waals surface area contributed by atoms with E-state index in [9.17, 15) is 9.59 Å². The van der Waals surface area contributed by atoms with E-state index in [0.717, 1.165) is 17.4 Å². The summed E-state index contributed by atoms with van der Waals surface area (Å²) in [5.41, 5.74) is 2.49. The van der Waals surface area contributed by atoms with Gasteiger partial charge in [-0.2, -0.15) is 0 Å². The van der Waals surface area contributed by atoms with Crippen molar-refractivity contribution in [1.29, 1.82) is 0 Å². The highest BCUT2D eigenvalue weighted by Gasteiger charge is 1.96. The van der Waals surface area contributed by atoms with Crippen LogP contribution in [0.3, 0.4) is 0 Å². The van der Waals surface area contributed by atoms with E-state index in [2.05, 4.69) is 11.8 Å². The summed E-state index contributed by atoms with van der Waals surface area (Å²) in [4.78, 5) is 21.3. The number of carbonyl (C=O) groups excluding carboxylic acids is 2. The fraction of sp³-hybridized carbons (Fsp3) is 0.231. The van der Waals surface area contributed by atoms with Gasteiger partial charge in [0.2, 0.25) is 0 Å². The Bertz CT molecular complexity index is 467. The van der Waals surface area contributed by atoms with Crippen LogP contribution in [0.5, 0.6) is 0 Å². The summed E-state index contributed by atoms with van der Waals surface area (Å²) < 4.78 is 0. The van der Waals surface area contributed by atoms with E-state index < -0.39 is 0 Å². The van der Waals surface area contributed by atoms with Gasteiger partial charge in [-0.05, 0) is 18.6 Å². The van der Waals surface area contributed by atoms with Gasteiger partial charge in [0.25, 0.3) is 0 Å². The zero-order chi connectivity index (χ0) is 12.0. The van der Waals surface area contributed by atoms with Crippen LogP contribution in [0.4, 0.5) is 0 Å². The number of aldehydes is 1. The quantitative estimate of drug-likeness (QED) is 0.580. The average molecular weight is 232 g/mol. The van der Waals surface area contributed by atoms with Crippen molar-refractivity contribution >= 4 is 23.2 Å². The van der Waals surface area contributed by atoms with Gasteiger partial charge < -0.3 is 0 Å². The lowest BCUT2D eigenvalue weighted by Gasteiger charge is -1.98. The highest BCUT2D eigenvalue weighted by Crippen LogP contribution is 2.08. The van der Waals surface area contributed by atoms with Crippen LogP contribution >= 0.6 is 11.8 Å². The van der Waals surface area contributed by atoms with Gasteiger partial charge >= 0.3 is 0 Å². The Labute approximate surface area is 99.4 Å². The predicted octanol–water partition coefficient (Wildman–Crippen LogP) is 2.44. The first kappa shape index (κ1) is 12.5. The van der Waals surface area contributed by atoms with Gasteiger partial charge in [-0.15, -0.1) is 0 Å². The molecule has 0 spiro atoms. The maximum atomic E-state index is 10.7. The summed E-state index contributed by atoms with van der Waals surface area (Å²) >= 11 is 1.18. The summed E-state index contributed by atoms with van der Waals surface area (Å²) in [5, 5.41) is 0.0627. The molecule has 0 unspecified atom stereocenters. The average Bonchev–Trinajstić information content (AvgIpc) is 2.26. The smallest absolute Gasteiger partial charge is 0.186 e. The molecule has 3 heteroatoms.